The van der Waals surface area contributed by atoms with Crippen molar-refractivity contribution in [3.63, 3.8) is 0 Å². The summed E-state index contributed by atoms with van der Waals surface area (Å²) >= 11 is 0. The Balaban J connectivity index is 2.31. The number of nitrogens with one attached hydrogen (secondary N) is 2. The largest absolute Gasteiger partial charge is 0.573 e. The number of aromatic nitrogens is 2. The van der Waals surface area contributed by atoms with Gasteiger partial charge in [0, 0.05) is 32.0 Å². The van der Waals surface area contributed by atoms with Gasteiger partial charge in [-0.25, -0.2) is 4.79 Å². The van der Waals surface area contributed by atoms with Crippen molar-refractivity contribution >= 4 is 23.1 Å². The molecule has 10 nitrogen and oxygen atoms in total. The standard InChI is InChI=1S/C20H26F3N5O5/c1-12(2)11-28-17(24)16(18(30)26-19(28)31)27(7-8-32-3)15(29)10-25-13-5-4-6-14(9-13)33-20(21,22)23/h4-6,9,12,25H,7-8,10-11,24H2,1-3H3,(H,26,30,31). The molecule has 0 aliphatic heterocycles. The van der Waals surface area contributed by atoms with Gasteiger partial charge in [0.25, 0.3) is 5.56 Å². The molecule has 182 valence electrons. The fourth-order valence-corrected chi connectivity index (χ4v) is 3.00. The van der Waals surface area contributed by atoms with Crippen LogP contribution in [0.25, 0.3) is 0 Å². The number of carbonyl (C=O) groups excluding carboxylic acids is 1. The average Bonchev–Trinajstić information content (AvgIpc) is 2.70. The molecule has 0 fully saturated rings. The lowest BCUT2D eigenvalue weighted by Gasteiger charge is -2.25. The number of halogens is 3. The maximum absolute atomic E-state index is 13.0. The summed E-state index contributed by atoms with van der Waals surface area (Å²) in [5, 5.41) is 2.69. The molecule has 2 aromatic rings. The molecule has 0 saturated heterocycles. The lowest BCUT2D eigenvalue weighted by atomic mass is 10.2. The molecule has 13 heteroatoms. The number of hydrogen-bond acceptors (Lipinski definition) is 7. The maximum atomic E-state index is 13.0. The van der Waals surface area contributed by atoms with Crippen molar-refractivity contribution in [2.24, 2.45) is 5.92 Å². The van der Waals surface area contributed by atoms with Gasteiger partial charge >= 0.3 is 12.1 Å². The fourth-order valence-electron chi connectivity index (χ4n) is 3.00. The zero-order chi connectivity index (χ0) is 24.8. The van der Waals surface area contributed by atoms with E-state index in [0.717, 1.165) is 17.0 Å². The average molecular weight is 473 g/mol. The van der Waals surface area contributed by atoms with E-state index in [2.05, 4.69) is 15.0 Å². The molecule has 0 aliphatic carbocycles. The smallest absolute Gasteiger partial charge is 0.406 e. The number of nitrogens with two attached hydrogens (primary N) is 1. The highest BCUT2D eigenvalue weighted by atomic mass is 19.4. The Morgan fingerprint density at radius 2 is 2.00 bits per heavy atom. The number of H-pyrrole nitrogens is 1. The lowest BCUT2D eigenvalue weighted by Crippen LogP contribution is -2.44. The summed E-state index contributed by atoms with van der Waals surface area (Å²) in [5.74, 6) is -1.24. The Hall–Kier alpha value is -3.48. The molecule has 0 aliphatic rings. The zero-order valence-electron chi connectivity index (χ0n) is 18.4. The topological polar surface area (TPSA) is 132 Å². The summed E-state index contributed by atoms with van der Waals surface area (Å²) in [6, 6.07) is 4.95. The van der Waals surface area contributed by atoms with Gasteiger partial charge in [0.2, 0.25) is 5.91 Å². The number of nitrogen functional groups attached to an aromatic ring is 1. The number of nitrogens with zero attached hydrogens (tertiary/aromatic N) is 2. The van der Waals surface area contributed by atoms with Crippen LogP contribution < -0.4 is 31.9 Å². The van der Waals surface area contributed by atoms with Gasteiger partial charge in [-0.2, -0.15) is 0 Å². The Morgan fingerprint density at radius 3 is 2.61 bits per heavy atom. The number of benzene rings is 1. The van der Waals surface area contributed by atoms with Crippen LogP contribution in [-0.2, 0) is 16.1 Å². The monoisotopic (exact) mass is 473 g/mol. The third kappa shape index (κ3) is 7.27. The van der Waals surface area contributed by atoms with Crippen molar-refractivity contribution in [2.75, 3.05) is 42.8 Å². The number of methoxy groups -OCH3 is 1. The molecule has 1 amide bonds. The maximum Gasteiger partial charge on any atom is 0.573 e. The molecule has 4 N–H and O–H groups in total. The zero-order valence-corrected chi connectivity index (χ0v) is 18.4. The lowest BCUT2D eigenvalue weighted by molar-refractivity contribution is -0.274. The normalized spacial score (nSPS) is 11.5. The molecular weight excluding hydrogens is 447 g/mol. The summed E-state index contributed by atoms with van der Waals surface area (Å²) < 4.78 is 47.3. The van der Waals surface area contributed by atoms with E-state index in [9.17, 15) is 27.6 Å². The number of carbonyl (C=O) groups is 1. The molecule has 1 aromatic heterocycles. The predicted molar refractivity (Wildman–Crippen MR) is 116 cm³/mol. The number of amides is 1. The minimum Gasteiger partial charge on any atom is -0.406 e. The molecule has 0 unspecified atom stereocenters. The van der Waals surface area contributed by atoms with Gasteiger partial charge in [-0.05, 0) is 18.1 Å². The second-order valence-electron chi connectivity index (χ2n) is 7.46. The SMILES string of the molecule is COCCN(C(=O)CNc1cccc(OC(F)(F)F)c1)c1c(N)n(CC(C)C)c(=O)[nH]c1=O. The van der Waals surface area contributed by atoms with Gasteiger partial charge in [0.05, 0.1) is 13.2 Å². The van der Waals surface area contributed by atoms with Crippen LogP contribution in [0.2, 0.25) is 0 Å². The highest BCUT2D eigenvalue weighted by Gasteiger charge is 2.31. The molecule has 2 rings (SSSR count). The highest BCUT2D eigenvalue weighted by Crippen LogP contribution is 2.25. The van der Waals surface area contributed by atoms with Crippen molar-refractivity contribution in [1.82, 2.24) is 9.55 Å². The molecule has 0 atom stereocenters. The van der Waals surface area contributed by atoms with Gasteiger partial charge in [-0.15, -0.1) is 13.2 Å². The van der Waals surface area contributed by atoms with Crippen LogP contribution in [0.3, 0.4) is 0 Å². The molecule has 1 heterocycles. The van der Waals surface area contributed by atoms with E-state index >= 15 is 0 Å². The first-order valence-corrected chi connectivity index (χ1v) is 9.94. The quantitative estimate of drug-likeness (QED) is 0.479. The first kappa shape index (κ1) is 25.8. The third-order valence-corrected chi connectivity index (χ3v) is 4.36. The molecular formula is C20H26F3N5O5. The van der Waals surface area contributed by atoms with E-state index in [1.807, 2.05) is 13.8 Å². The number of aromatic amines is 1. The van der Waals surface area contributed by atoms with Gasteiger partial charge in [0.15, 0.2) is 5.69 Å². The minimum atomic E-state index is -4.86. The highest BCUT2D eigenvalue weighted by molar-refractivity contribution is 5.98. The van der Waals surface area contributed by atoms with E-state index in [4.69, 9.17) is 10.5 Å². The second-order valence-corrected chi connectivity index (χ2v) is 7.46. The van der Waals surface area contributed by atoms with Gasteiger partial charge < -0.3 is 25.4 Å². The van der Waals surface area contributed by atoms with E-state index in [1.54, 1.807) is 0 Å². The van der Waals surface area contributed by atoms with Gasteiger partial charge in [-0.3, -0.25) is 19.1 Å². The van der Waals surface area contributed by atoms with Crippen LogP contribution in [0.5, 0.6) is 5.75 Å². The third-order valence-electron chi connectivity index (χ3n) is 4.36. The first-order chi connectivity index (χ1) is 15.4. The Kier molecular flexibility index (Phi) is 8.51. The van der Waals surface area contributed by atoms with Gasteiger partial charge in [0.1, 0.15) is 11.6 Å². The van der Waals surface area contributed by atoms with Gasteiger partial charge in [-0.1, -0.05) is 19.9 Å². The van der Waals surface area contributed by atoms with E-state index in [1.165, 1.54) is 23.8 Å². The Bertz CT molecular complexity index is 1080. The molecule has 0 spiro atoms. The number of ether oxygens (including phenoxy) is 2. The summed E-state index contributed by atoms with van der Waals surface area (Å²) in [6.45, 7) is 3.53. The Morgan fingerprint density at radius 1 is 1.30 bits per heavy atom. The van der Waals surface area contributed by atoms with E-state index < -0.39 is 29.3 Å². The Labute approximate surface area is 187 Å². The van der Waals surface area contributed by atoms with Crippen molar-refractivity contribution in [2.45, 2.75) is 26.8 Å². The summed E-state index contributed by atoms with van der Waals surface area (Å²) in [7, 11) is 1.40. The summed E-state index contributed by atoms with van der Waals surface area (Å²) in [4.78, 5) is 40.9. The molecule has 1 aromatic carbocycles. The fraction of sp³-hybridized carbons (Fsp3) is 0.450. The molecule has 0 bridgehead atoms. The summed E-state index contributed by atoms with van der Waals surface area (Å²) in [6.07, 6.45) is -4.86. The van der Waals surface area contributed by atoms with Crippen LogP contribution >= 0.6 is 0 Å². The van der Waals surface area contributed by atoms with Crippen LogP contribution in [-0.4, -0.2) is 48.6 Å². The molecule has 0 radical (unpaired) electrons. The minimum absolute atomic E-state index is 0.0275. The van der Waals surface area contributed by atoms with Crippen molar-refractivity contribution in [3.05, 3.63) is 45.1 Å². The number of hydrogen-bond donors (Lipinski definition) is 3. The van der Waals surface area contributed by atoms with Crippen molar-refractivity contribution < 1.29 is 27.4 Å². The van der Waals surface area contributed by atoms with Crippen LogP contribution in [0.15, 0.2) is 33.9 Å². The summed E-state index contributed by atoms with van der Waals surface area (Å²) in [5.41, 5.74) is 4.52. The van der Waals surface area contributed by atoms with Crippen LogP contribution in [0.1, 0.15) is 13.8 Å². The second kappa shape index (κ2) is 10.9. The first-order valence-electron chi connectivity index (χ1n) is 9.94. The van der Waals surface area contributed by atoms with Crippen molar-refractivity contribution in [1.29, 1.82) is 0 Å². The van der Waals surface area contributed by atoms with Crippen molar-refractivity contribution in [3.8, 4) is 5.75 Å². The van der Waals surface area contributed by atoms with E-state index in [0.29, 0.717) is 0 Å². The predicted octanol–water partition coefficient (Wildman–Crippen LogP) is 1.76. The molecule has 33 heavy (non-hydrogen) atoms. The molecule has 0 saturated carbocycles. The van der Waals surface area contributed by atoms with E-state index in [-0.39, 0.29) is 49.4 Å². The van der Waals surface area contributed by atoms with Crippen LogP contribution in [0, 0.1) is 5.92 Å². The van der Waals surface area contributed by atoms with Crippen LogP contribution in [0.4, 0.5) is 30.4 Å². The number of anilines is 3. The number of alkyl halides is 3. The number of rotatable bonds is 10.